The number of hydrogen-bond donors (Lipinski definition) is 3. The van der Waals surface area contributed by atoms with Crippen LogP contribution in [0.5, 0.6) is 5.75 Å². The number of halogens is 3. The molecule has 1 aliphatic heterocycles. The second kappa shape index (κ2) is 12.7. The molecule has 11 heteroatoms. The lowest BCUT2D eigenvalue weighted by Crippen LogP contribution is -2.68. The van der Waals surface area contributed by atoms with Crippen LogP contribution in [0.25, 0.3) is 6.08 Å². The Balaban J connectivity index is 1.50. The maximum Gasteiger partial charge on any atom is 0.247 e. The number of aliphatic hydroxyl groups excluding tert-OH is 2. The molecular formula is C27H30F3NO7. The number of fused-ring (bicyclic) bond motifs is 1. The van der Waals surface area contributed by atoms with Gasteiger partial charge >= 0.3 is 0 Å². The van der Waals surface area contributed by atoms with Crippen molar-refractivity contribution in [1.82, 2.24) is 5.32 Å². The van der Waals surface area contributed by atoms with Gasteiger partial charge < -0.3 is 34.5 Å². The predicted molar refractivity (Wildman–Crippen MR) is 130 cm³/mol. The Labute approximate surface area is 218 Å². The van der Waals surface area contributed by atoms with Crippen LogP contribution >= 0.6 is 0 Å². The Bertz CT molecular complexity index is 1130. The quantitative estimate of drug-likeness (QED) is 0.316. The summed E-state index contributed by atoms with van der Waals surface area (Å²) in [6, 6.07) is 9.76. The van der Waals surface area contributed by atoms with E-state index in [1.165, 1.54) is 6.92 Å². The molecular weight excluding hydrogens is 507 g/mol. The third kappa shape index (κ3) is 6.36. The molecule has 8 nitrogen and oxygen atoms in total. The Hall–Kier alpha value is -2.96. The lowest BCUT2D eigenvalue weighted by molar-refractivity contribution is -0.174. The van der Waals surface area contributed by atoms with E-state index in [1.54, 1.807) is 0 Å². The van der Waals surface area contributed by atoms with Gasteiger partial charge in [0, 0.05) is 23.6 Å². The highest BCUT2D eigenvalue weighted by Crippen LogP contribution is 2.32. The normalized spacial score (nSPS) is 27.2. The van der Waals surface area contributed by atoms with Gasteiger partial charge in [0.05, 0.1) is 25.9 Å². The van der Waals surface area contributed by atoms with Crippen LogP contribution in [-0.2, 0) is 25.6 Å². The monoisotopic (exact) mass is 537 g/mol. The van der Waals surface area contributed by atoms with Gasteiger partial charge in [-0.25, -0.2) is 8.78 Å². The van der Waals surface area contributed by atoms with Gasteiger partial charge in [-0.05, 0) is 24.6 Å². The molecule has 0 bridgehead atoms. The van der Waals surface area contributed by atoms with Crippen molar-refractivity contribution >= 4 is 12.0 Å². The van der Waals surface area contributed by atoms with Crippen LogP contribution < -0.4 is 10.1 Å². The first-order valence-electron chi connectivity index (χ1n) is 12.2. The Morgan fingerprint density at radius 3 is 2.53 bits per heavy atom. The van der Waals surface area contributed by atoms with Gasteiger partial charge in [-0.15, -0.1) is 0 Å². The Morgan fingerprint density at radius 1 is 1.11 bits per heavy atom. The third-order valence-corrected chi connectivity index (χ3v) is 6.48. The van der Waals surface area contributed by atoms with E-state index in [1.807, 2.05) is 30.3 Å². The summed E-state index contributed by atoms with van der Waals surface area (Å²) in [4.78, 5) is 13.0. The molecule has 1 aliphatic carbocycles. The van der Waals surface area contributed by atoms with E-state index in [0.29, 0.717) is 0 Å². The number of alkyl halides is 1. The molecule has 4 rings (SSSR count). The van der Waals surface area contributed by atoms with Crippen LogP contribution in [0, 0.1) is 11.6 Å². The summed E-state index contributed by atoms with van der Waals surface area (Å²) in [5.74, 6) is -2.77. The van der Waals surface area contributed by atoms with Gasteiger partial charge in [0.25, 0.3) is 0 Å². The summed E-state index contributed by atoms with van der Waals surface area (Å²) >= 11 is 0. The van der Waals surface area contributed by atoms with Gasteiger partial charge in [-0.1, -0.05) is 30.3 Å². The molecule has 2 aromatic rings. The van der Waals surface area contributed by atoms with Gasteiger partial charge in [0.1, 0.15) is 43.1 Å². The minimum Gasteiger partial charge on any atom is -0.490 e. The molecule has 3 N–H and O–H groups in total. The SMILES string of the molecule is C/C(=C\c1cc(F)c(OCCCF)cc1F)C(=O)N[C@H]1[C@@H](O)[C@@H]2OCO[C@@H]2[C@H](O)[C@H]1OCc1ccccc1. The van der Waals surface area contributed by atoms with Crippen molar-refractivity contribution in [1.29, 1.82) is 0 Å². The Morgan fingerprint density at radius 2 is 1.82 bits per heavy atom. The highest BCUT2D eigenvalue weighted by atomic mass is 19.1. The van der Waals surface area contributed by atoms with E-state index < -0.39 is 60.8 Å². The fraction of sp³-hybridized carbons (Fsp3) is 0.444. The van der Waals surface area contributed by atoms with Gasteiger partial charge in [0.2, 0.25) is 5.91 Å². The zero-order valence-electron chi connectivity index (χ0n) is 20.7. The number of nitrogens with one attached hydrogen (secondary N) is 1. The molecule has 1 saturated heterocycles. The molecule has 2 fully saturated rings. The molecule has 1 heterocycles. The molecule has 0 spiro atoms. The highest BCUT2D eigenvalue weighted by Gasteiger charge is 2.54. The maximum atomic E-state index is 14.6. The lowest BCUT2D eigenvalue weighted by Gasteiger charge is -2.43. The predicted octanol–water partition coefficient (Wildman–Crippen LogP) is 2.65. The molecule has 2 aliphatic rings. The van der Waals surface area contributed by atoms with Crippen LogP contribution in [0.15, 0.2) is 48.0 Å². The number of carbonyl (C=O) groups excluding carboxylic acids is 1. The van der Waals surface area contributed by atoms with E-state index in [2.05, 4.69) is 5.32 Å². The first-order chi connectivity index (χ1) is 18.3. The van der Waals surface area contributed by atoms with E-state index in [0.717, 1.165) is 23.8 Å². The first-order valence-corrected chi connectivity index (χ1v) is 12.2. The molecule has 206 valence electrons. The van der Waals surface area contributed by atoms with Crippen LogP contribution in [0.4, 0.5) is 13.2 Å². The maximum absolute atomic E-state index is 14.6. The molecule has 6 atom stereocenters. The number of rotatable bonds is 10. The standard InChI is InChI=1S/C27H30F3NO7/c1-15(10-17-11-19(30)20(12-18(17)29)35-9-5-8-28)27(34)31-21-22(32)25-26(38-14-37-25)23(33)24(21)36-13-16-6-3-2-4-7-16/h2-4,6-7,10-12,21-26,32-33H,5,8-9,13-14H2,1H3,(H,31,34)/b15-10+/t21-,22+,23+,24-,25-,26+/m0/s1. The summed E-state index contributed by atoms with van der Waals surface area (Å²) in [6.45, 7) is 0.599. The summed E-state index contributed by atoms with van der Waals surface area (Å²) in [6.07, 6.45) is -4.12. The average molecular weight is 538 g/mol. The molecule has 0 aromatic heterocycles. The second-order valence-corrected chi connectivity index (χ2v) is 9.14. The van der Waals surface area contributed by atoms with Gasteiger partial charge in [-0.3, -0.25) is 9.18 Å². The van der Waals surface area contributed by atoms with E-state index >= 15 is 0 Å². The van der Waals surface area contributed by atoms with Crippen molar-refractivity contribution in [3.63, 3.8) is 0 Å². The number of benzene rings is 2. The summed E-state index contributed by atoms with van der Waals surface area (Å²) in [5, 5.41) is 24.5. The smallest absolute Gasteiger partial charge is 0.247 e. The molecule has 2 aromatic carbocycles. The lowest BCUT2D eigenvalue weighted by atomic mass is 9.82. The fourth-order valence-electron chi connectivity index (χ4n) is 4.47. The van der Waals surface area contributed by atoms with Crippen LogP contribution in [0.2, 0.25) is 0 Å². The minimum absolute atomic E-state index is 0.00334. The summed E-state index contributed by atoms with van der Waals surface area (Å²) in [5.41, 5.74) is 0.612. The fourth-order valence-corrected chi connectivity index (χ4v) is 4.47. The topological polar surface area (TPSA) is 106 Å². The van der Waals surface area contributed by atoms with Crippen molar-refractivity contribution in [3.8, 4) is 5.75 Å². The molecule has 1 amide bonds. The van der Waals surface area contributed by atoms with E-state index in [9.17, 15) is 28.2 Å². The van der Waals surface area contributed by atoms with Crippen molar-refractivity contribution in [2.45, 2.75) is 56.5 Å². The number of amides is 1. The first kappa shape index (κ1) is 28.1. The molecule has 38 heavy (non-hydrogen) atoms. The number of hydrogen-bond acceptors (Lipinski definition) is 7. The van der Waals surface area contributed by atoms with E-state index in [-0.39, 0.29) is 43.3 Å². The van der Waals surface area contributed by atoms with Crippen molar-refractivity contribution < 1.29 is 47.1 Å². The zero-order valence-corrected chi connectivity index (χ0v) is 20.7. The Kier molecular flexibility index (Phi) is 9.40. The summed E-state index contributed by atoms with van der Waals surface area (Å²) < 4.78 is 63.0. The van der Waals surface area contributed by atoms with Crippen molar-refractivity contribution in [2.75, 3.05) is 20.1 Å². The second-order valence-electron chi connectivity index (χ2n) is 9.14. The molecule has 1 saturated carbocycles. The van der Waals surface area contributed by atoms with Crippen LogP contribution in [-0.4, -0.2) is 72.8 Å². The van der Waals surface area contributed by atoms with E-state index in [4.69, 9.17) is 18.9 Å². The minimum atomic E-state index is -1.28. The number of carbonyl (C=O) groups is 1. The highest BCUT2D eigenvalue weighted by molar-refractivity contribution is 5.97. The van der Waals surface area contributed by atoms with Crippen LogP contribution in [0.1, 0.15) is 24.5 Å². The molecule has 0 unspecified atom stereocenters. The van der Waals surface area contributed by atoms with Gasteiger partial charge in [-0.2, -0.15) is 0 Å². The molecule has 0 radical (unpaired) electrons. The number of ether oxygens (including phenoxy) is 4. The van der Waals surface area contributed by atoms with Crippen LogP contribution in [0.3, 0.4) is 0 Å². The van der Waals surface area contributed by atoms with Gasteiger partial charge in [0.15, 0.2) is 11.6 Å². The average Bonchev–Trinajstić information content (AvgIpc) is 3.41. The van der Waals surface area contributed by atoms with Crippen molar-refractivity contribution in [2.24, 2.45) is 0 Å². The zero-order chi connectivity index (χ0) is 27.2. The van der Waals surface area contributed by atoms with Crippen molar-refractivity contribution in [3.05, 3.63) is 70.8 Å². The number of aliphatic hydroxyl groups is 2. The summed E-state index contributed by atoms with van der Waals surface area (Å²) in [7, 11) is 0. The third-order valence-electron chi connectivity index (χ3n) is 6.48. The largest absolute Gasteiger partial charge is 0.490 e.